The second-order valence-electron chi connectivity index (χ2n) is 4.51. The highest BCUT2D eigenvalue weighted by Crippen LogP contribution is 2.23. The Morgan fingerprint density at radius 3 is 2.76 bits per heavy atom. The van der Waals surface area contributed by atoms with Gasteiger partial charge in [-0.25, -0.2) is 0 Å². The molecule has 0 saturated carbocycles. The van der Waals surface area contributed by atoms with Crippen LogP contribution in [-0.2, 0) is 6.54 Å². The molecule has 1 fully saturated rings. The summed E-state index contributed by atoms with van der Waals surface area (Å²) in [5.41, 5.74) is 9.22. The van der Waals surface area contributed by atoms with Crippen molar-refractivity contribution in [2.75, 3.05) is 31.1 Å². The lowest BCUT2D eigenvalue weighted by Gasteiger charge is -2.29. The molecule has 0 spiro atoms. The molecule has 0 unspecified atom stereocenters. The number of nitrogens with zero attached hydrogens (tertiary/aromatic N) is 1. The van der Waals surface area contributed by atoms with Crippen LogP contribution in [0.15, 0.2) is 24.3 Å². The van der Waals surface area contributed by atoms with Crippen LogP contribution in [-0.4, -0.2) is 31.2 Å². The number of H-pyrrole nitrogens is 1. The number of hydrogen-bond donors (Lipinski definition) is 3. The van der Waals surface area contributed by atoms with E-state index < -0.39 is 0 Å². The molecule has 0 radical (unpaired) electrons. The van der Waals surface area contributed by atoms with Crippen LogP contribution in [0, 0.1) is 0 Å². The molecule has 0 atom stereocenters. The van der Waals surface area contributed by atoms with Gasteiger partial charge in [0.25, 0.3) is 0 Å². The summed E-state index contributed by atoms with van der Waals surface area (Å²) >= 11 is 0. The highest BCUT2D eigenvalue weighted by molar-refractivity contribution is 5.84. The quantitative estimate of drug-likeness (QED) is 0.722. The molecule has 1 aliphatic rings. The van der Waals surface area contributed by atoms with Crippen LogP contribution >= 0.6 is 0 Å². The smallest absolute Gasteiger partial charge is 0.0457 e. The minimum Gasteiger partial charge on any atom is -0.369 e. The van der Waals surface area contributed by atoms with Crippen LogP contribution in [0.4, 0.5) is 5.69 Å². The molecule has 0 aliphatic carbocycles. The first-order valence-corrected chi connectivity index (χ1v) is 6.14. The lowest BCUT2D eigenvalue weighted by atomic mass is 10.2. The van der Waals surface area contributed by atoms with Gasteiger partial charge in [-0.1, -0.05) is 0 Å². The minimum absolute atomic E-state index is 0.567. The van der Waals surface area contributed by atoms with Gasteiger partial charge in [-0.3, -0.25) is 0 Å². The van der Waals surface area contributed by atoms with Crippen molar-refractivity contribution in [2.45, 2.75) is 6.54 Å². The van der Waals surface area contributed by atoms with Crippen LogP contribution < -0.4 is 16.0 Å². The molecular weight excluding hydrogens is 212 g/mol. The van der Waals surface area contributed by atoms with E-state index in [0.29, 0.717) is 6.54 Å². The summed E-state index contributed by atoms with van der Waals surface area (Å²) in [7, 11) is 0. The molecule has 4 nitrogen and oxygen atoms in total. The Balaban J connectivity index is 1.94. The van der Waals surface area contributed by atoms with Gasteiger partial charge in [-0.15, -0.1) is 0 Å². The molecule has 2 heterocycles. The van der Waals surface area contributed by atoms with Crippen molar-refractivity contribution < 1.29 is 0 Å². The lowest BCUT2D eigenvalue weighted by Crippen LogP contribution is -2.43. The van der Waals surface area contributed by atoms with Gasteiger partial charge < -0.3 is 20.9 Å². The molecular formula is C13H18N4. The number of anilines is 1. The summed E-state index contributed by atoms with van der Waals surface area (Å²) in [5, 5.41) is 4.62. The Bertz CT molecular complexity index is 511. The molecule has 4 N–H and O–H groups in total. The summed E-state index contributed by atoms with van der Waals surface area (Å²) in [5.74, 6) is 0. The van der Waals surface area contributed by atoms with Crippen molar-refractivity contribution in [1.82, 2.24) is 10.3 Å². The Hall–Kier alpha value is -1.52. The number of hydrogen-bond acceptors (Lipinski definition) is 3. The van der Waals surface area contributed by atoms with Gasteiger partial charge >= 0.3 is 0 Å². The van der Waals surface area contributed by atoms with E-state index in [-0.39, 0.29) is 0 Å². The maximum atomic E-state index is 5.64. The number of nitrogens with one attached hydrogen (secondary N) is 2. The Morgan fingerprint density at radius 2 is 2.00 bits per heavy atom. The third kappa shape index (κ3) is 2.01. The molecule has 1 saturated heterocycles. The van der Waals surface area contributed by atoms with E-state index in [0.717, 1.165) is 31.9 Å². The standard InChI is InChI=1S/C13H18N4/c14-9-11-7-10-8-12(1-2-13(10)16-11)17-5-3-15-4-6-17/h1-2,7-8,15-16H,3-6,9,14H2. The predicted molar refractivity (Wildman–Crippen MR) is 71.3 cm³/mol. The highest BCUT2D eigenvalue weighted by Gasteiger charge is 2.11. The van der Waals surface area contributed by atoms with E-state index >= 15 is 0 Å². The largest absolute Gasteiger partial charge is 0.369 e. The fourth-order valence-electron chi connectivity index (χ4n) is 2.41. The number of rotatable bonds is 2. The van der Waals surface area contributed by atoms with Gasteiger partial charge in [0, 0.05) is 55.0 Å². The Kier molecular flexibility index (Phi) is 2.74. The number of benzene rings is 1. The number of piperazine rings is 1. The van der Waals surface area contributed by atoms with E-state index in [4.69, 9.17) is 5.73 Å². The van der Waals surface area contributed by atoms with E-state index in [1.165, 1.54) is 16.6 Å². The Labute approximate surface area is 101 Å². The van der Waals surface area contributed by atoms with Gasteiger partial charge in [0.2, 0.25) is 0 Å². The molecule has 1 aliphatic heterocycles. The molecule has 90 valence electrons. The molecule has 0 amide bonds. The van der Waals surface area contributed by atoms with E-state index in [2.05, 4.69) is 39.5 Å². The van der Waals surface area contributed by atoms with Gasteiger partial charge in [-0.05, 0) is 24.3 Å². The van der Waals surface area contributed by atoms with E-state index in [1.54, 1.807) is 0 Å². The summed E-state index contributed by atoms with van der Waals surface area (Å²) in [4.78, 5) is 5.74. The molecule has 0 bridgehead atoms. The van der Waals surface area contributed by atoms with Gasteiger partial charge in [0.05, 0.1) is 0 Å². The highest BCUT2D eigenvalue weighted by atomic mass is 15.2. The summed E-state index contributed by atoms with van der Waals surface area (Å²) in [6.07, 6.45) is 0. The first-order chi connectivity index (χ1) is 8.36. The zero-order chi connectivity index (χ0) is 11.7. The summed E-state index contributed by atoms with van der Waals surface area (Å²) in [6.45, 7) is 4.87. The second-order valence-corrected chi connectivity index (χ2v) is 4.51. The maximum absolute atomic E-state index is 5.64. The van der Waals surface area contributed by atoms with Crippen molar-refractivity contribution in [3.8, 4) is 0 Å². The van der Waals surface area contributed by atoms with Crippen LogP contribution in [0.25, 0.3) is 10.9 Å². The van der Waals surface area contributed by atoms with Gasteiger partial charge in [0.15, 0.2) is 0 Å². The molecule has 1 aromatic carbocycles. The molecule has 2 aromatic rings. The monoisotopic (exact) mass is 230 g/mol. The van der Waals surface area contributed by atoms with Crippen molar-refractivity contribution in [3.05, 3.63) is 30.0 Å². The van der Waals surface area contributed by atoms with Gasteiger partial charge in [0.1, 0.15) is 0 Å². The average molecular weight is 230 g/mol. The second kappa shape index (κ2) is 4.39. The molecule has 1 aromatic heterocycles. The number of aromatic amines is 1. The van der Waals surface area contributed by atoms with Crippen LogP contribution in [0.1, 0.15) is 5.69 Å². The maximum Gasteiger partial charge on any atom is 0.0457 e. The summed E-state index contributed by atoms with van der Waals surface area (Å²) in [6, 6.07) is 8.72. The Morgan fingerprint density at radius 1 is 1.18 bits per heavy atom. The van der Waals surface area contributed by atoms with E-state index in [1.807, 2.05) is 0 Å². The third-order valence-corrected chi connectivity index (χ3v) is 3.36. The van der Waals surface area contributed by atoms with Gasteiger partial charge in [-0.2, -0.15) is 0 Å². The predicted octanol–water partition coefficient (Wildman–Crippen LogP) is 1.04. The fraction of sp³-hybridized carbons (Fsp3) is 0.385. The number of aromatic nitrogens is 1. The van der Waals surface area contributed by atoms with Crippen LogP contribution in [0.5, 0.6) is 0 Å². The first-order valence-electron chi connectivity index (χ1n) is 6.14. The average Bonchev–Trinajstić information content (AvgIpc) is 2.81. The summed E-state index contributed by atoms with van der Waals surface area (Å²) < 4.78 is 0. The zero-order valence-electron chi connectivity index (χ0n) is 9.87. The number of nitrogens with two attached hydrogens (primary N) is 1. The van der Waals surface area contributed by atoms with Crippen molar-refractivity contribution >= 4 is 16.6 Å². The number of fused-ring (bicyclic) bond motifs is 1. The molecule has 3 rings (SSSR count). The minimum atomic E-state index is 0.567. The topological polar surface area (TPSA) is 57.1 Å². The van der Waals surface area contributed by atoms with E-state index in [9.17, 15) is 0 Å². The van der Waals surface area contributed by atoms with Crippen molar-refractivity contribution in [3.63, 3.8) is 0 Å². The molecule has 17 heavy (non-hydrogen) atoms. The third-order valence-electron chi connectivity index (χ3n) is 3.36. The zero-order valence-corrected chi connectivity index (χ0v) is 9.87. The SMILES string of the molecule is NCc1cc2cc(N3CCNCC3)ccc2[nH]1. The first kappa shape index (κ1) is 10.6. The normalized spacial score (nSPS) is 16.6. The van der Waals surface area contributed by atoms with Crippen molar-refractivity contribution in [1.29, 1.82) is 0 Å². The molecule has 4 heteroatoms. The fourth-order valence-corrected chi connectivity index (χ4v) is 2.41. The van der Waals surface area contributed by atoms with Crippen LogP contribution in [0.2, 0.25) is 0 Å². The lowest BCUT2D eigenvalue weighted by molar-refractivity contribution is 0.589. The van der Waals surface area contributed by atoms with Crippen molar-refractivity contribution in [2.24, 2.45) is 5.73 Å². The van der Waals surface area contributed by atoms with Crippen LogP contribution in [0.3, 0.4) is 0 Å².